The smallest absolute Gasteiger partial charge is 0.191 e. The lowest BCUT2D eigenvalue weighted by Crippen LogP contribution is -2.08. The molecule has 0 aliphatic carbocycles. The van der Waals surface area contributed by atoms with E-state index in [0.29, 0.717) is 30.3 Å². The lowest BCUT2D eigenvalue weighted by atomic mass is 10.1. The van der Waals surface area contributed by atoms with Crippen LogP contribution in [0.5, 0.6) is 11.5 Å². The summed E-state index contributed by atoms with van der Waals surface area (Å²) in [5, 5.41) is 8.82. The zero-order valence-electron chi connectivity index (χ0n) is 9.53. The Morgan fingerprint density at radius 3 is 2.50 bits per heavy atom. The van der Waals surface area contributed by atoms with E-state index in [9.17, 15) is 4.79 Å². The van der Waals surface area contributed by atoms with E-state index in [1.807, 2.05) is 13.8 Å². The van der Waals surface area contributed by atoms with Crippen molar-refractivity contribution in [3.8, 4) is 11.5 Å². The van der Waals surface area contributed by atoms with Gasteiger partial charge in [-0.25, -0.2) is 0 Å². The zero-order valence-corrected chi connectivity index (χ0v) is 9.53. The standard InChI is InChI=1S/C12H16O4/c1-3-15-9-5-6-10(11(14)8-13)12(7-9)16-4-2/h5-7,13H,3-4,8H2,1-2H3. The summed E-state index contributed by atoms with van der Waals surface area (Å²) in [7, 11) is 0. The fourth-order valence-corrected chi connectivity index (χ4v) is 1.35. The average Bonchev–Trinajstić information content (AvgIpc) is 2.29. The van der Waals surface area contributed by atoms with Crippen LogP contribution < -0.4 is 9.47 Å². The van der Waals surface area contributed by atoms with Crippen LogP contribution >= 0.6 is 0 Å². The number of benzene rings is 1. The normalized spacial score (nSPS) is 9.94. The maximum Gasteiger partial charge on any atom is 0.191 e. The fourth-order valence-electron chi connectivity index (χ4n) is 1.35. The molecule has 0 bridgehead atoms. The van der Waals surface area contributed by atoms with E-state index in [1.54, 1.807) is 18.2 Å². The summed E-state index contributed by atoms with van der Waals surface area (Å²) in [6.45, 7) is 4.21. The summed E-state index contributed by atoms with van der Waals surface area (Å²) in [5.41, 5.74) is 0.382. The molecule has 1 aromatic rings. The Balaban J connectivity index is 3.03. The van der Waals surface area contributed by atoms with Gasteiger partial charge in [0.15, 0.2) is 5.78 Å². The molecule has 1 rings (SSSR count). The van der Waals surface area contributed by atoms with E-state index >= 15 is 0 Å². The van der Waals surface area contributed by atoms with Gasteiger partial charge in [0, 0.05) is 6.07 Å². The molecule has 1 N–H and O–H groups in total. The minimum absolute atomic E-state index is 0.355. The Morgan fingerprint density at radius 1 is 1.25 bits per heavy atom. The van der Waals surface area contributed by atoms with Gasteiger partial charge in [-0.05, 0) is 26.0 Å². The zero-order chi connectivity index (χ0) is 12.0. The van der Waals surface area contributed by atoms with Gasteiger partial charge in [0.2, 0.25) is 0 Å². The van der Waals surface area contributed by atoms with Crippen molar-refractivity contribution in [2.75, 3.05) is 19.8 Å². The van der Waals surface area contributed by atoms with Gasteiger partial charge in [0.25, 0.3) is 0 Å². The van der Waals surface area contributed by atoms with Gasteiger partial charge in [-0.15, -0.1) is 0 Å². The minimum atomic E-state index is -0.520. The molecule has 0 fully saturated rings. The lowest BCUT2D eigenvalue weighted by Gasteiger charge is -2.10. The first-order valence-corrected chi connectivity index (χ1v) is 5.26. The van der Waals surface area contributed by atoms with E-state index in [1.165, 1.54) is 0 Å². The molecule has 1 aromatic carbocycles. The first kappa shape index (κ1) is 12.5. The highest BCUT2D eigenvalue weighted by atomic mass is 16.5. The number of carbonyl (C=O) groups is 1. The van der Waals surface area contributed by atoms with Gasteiger partial charge in [-0.3, -0.25) is 4.79 Å². The maximum absolute atomic E-state index is 11.4. The van der Waals surface area contributed by atoms with Gasteiger partial charge in [0.05, 0.1) is 18.8 Å². The fraction of sp³-hybridized carbons (Fsp3) is 0.417. The number of hydrogen-bond donors (Lipinski definition) is 1. The SMILES string of the molecule is CCOc1ccc(C(=O)CO)c(OCC)c1. The summed E-state index contributed by atoms with van der Waals surface area (Å²) in [6, 6.07) is 4.96. The average molecular weight is 224 g/mol. The van der Waals surface area contributed by atoms with E-state index in [2.05, 4.69) is 0 Å². The Morgan fingerprint density at radius 2 is 1.94 bits per heavy atom. The maximum atomic E-state index is 11.4. The monoisotopic (exact) mass is 224 g/mol. The molecule has 0 amide bonds. The number of hydrogen-bond acceptors (Lipinski definition) is 4. The van der Waals surface area contributed by atoms with Crippen LogP contribution in [0.1, 0.15) is 24.2 Å². The van der Waals surface area contributed by atoms with Crippen molar-refractivity contribution in [1.82, 2.24) is 0 Å². The van der Waals surface area contributed by atoms with Gasteiger partial charge < -0.3 is 14.6 Å². The largest absolute Gasteiger partial charge is 0.494 e. The van der Waals surface area contributed by atoms with Gasteiger partial charge in [0.1, 0.15) is 18.1 Å². The summed E-state index contributed by atoms with van der Waals surface area (Å²) in [6.07, 6.45) is 0. The number of carbonyl (C=O) groups excluding carboxylic acids is 1. The second-order valence-electron chi connectivity index (χ2n) is 3.11. The molecule has 0 saturated heterocycles. The molecule has 0 aliphatic rings. The first-order valence-electron chi connectivity index (χ1n) is 5.26. The molecule has 0 atom stereocenters. The molecule has 0 radical (unpaired) electrons. The quantitative estimate of drug-likeness (QED) is 0.746. The molecule has 0 aliphatic heterocycles. The molecule has 0 aromatic heterocycles. The molecular weight excluding hydrogens is 208 g/mol. The van der Waals surface area contributed by atoms with Crippen molar-refractivity contribution >= 4 is 5.78 Å². The number of rotatable bonds is 6. The highest BCUT2D eigenvalue weighted by Gasteiger charge is 2.12. The predicted molar refractivity (Wildman–Crippen MR) is 60.2 cm³/mol. The molecule has 4 nitrogen and oxygen atoms in total. The first-order chi connectivity index (χ1) is 7.72. The van der Waals surface area contributed by atoms with E-state index in [4.69, 9.17) is 14.6 Å². The van der Waals surface area contributed by atoms with Crippen molar-refractivity contribution < 1.29 is 19.4 Å². The van der Waals surface area contributed by atoms with Crippen molar-refractivity contribution in [3.05, 3.63) is 23.8 Å². The lowest BCUT2D eigenvalue weighted by molar-refractivity contribution is 0.0900. The van der Waals surface area contributed by atoms with Crippen LogP contribution in [0, 0.1) is 0 Å². The van der Waals surface area contributed by atoms with Crippen LogP contribution in [-0.2, 0) is 0 Å². The third-order valence-corrected chi connectivity index (χ3v) is 2.01. The van der Waals surface area contributed by atoms with Gasteiger partial charge >= 0.3 is 0 Å². The third-order valence-electron chi connectivity index (χ3n) is 2.01. The van der Waals surface area contributed by atoms with Crippen molar-refractivity contribution in [1.29, 1.82) is 0 Å². The van der Waals surface area contributed by atoms with Gasteiger partial charge in [-0.1, -0.05) is 0 Å². The predicted octanol–water partition coefficient (Wildman–Crippen LogP) is 1.66. The molecule has 4 heteroatoms. The van der Waals surface area contributed by atoms with Crippen LogP contribution in [0.4, 0.5) is 0 Å². The minimum Gasteiger partial charge on any atom is -0.494 e. The molecule has 0 saturated carbocycles. The summed E-state index contributed by atoms with van der Waals surface area (Å²) < 4.78 is 10.6. The third kappa shape index (κ3) is 2.97. The Kier molecular flexibility index (Phi) is 4.79. The number of aliphatic hydroxyl groups excluding tert-OH is 1. The summed E-state index contributed by atoms with van der Waals surface area (Å²) in [5.74, 6) is 0.749. The molecule has 16 heavy (non-hydrogen) atoms. The Labute approximate surface area is 94.8 Å². The van der Waals surface area contributed by atoms with Crippen molar-refractivity contribution in [2.24, 2.45) is 0 Å². The Bertz CT molecular complexity index is 360. The van der Waals surface area contributed by atoms with E-state index in [0.717, 1.165) is 0 Å². The summed E-state index contributed by atoms with van der Waals surface area (Å²) in [4.78, 5) is 11.4. The Hall–Kier alpha value is -1.55. The highest BCUT2D eigenvalue weighted by molar-refractivity contribution is 5.99. The van der Waals surface area contributed by atoms with Crippen molar-refractivity contribution in [2.45, 2.75) is 13.8 Å². The van der Waals surface area contributed by atoms with Crippen LogP contribution in [-0.4, -0.2) is 30.7 Å². The van der Waals surface area contributed by atoms with Crippen LogP contribution in [0.15, 0.2) is 18.2 Å². The van der Waals surface area contributed by atoms with Crippen LogP contribution in [0.3, 0.4) is 0 Å². The second kappa shape index (κ2) is 6.12. The number of ether oxygens (including phenoxy) is 2. The molecule has 0 spiro atoms. The van der Waals surface area contributed by atoms with Gasteiger partial charge in [-0.2, -0.15) is 0 Å². The second-order valence-corrected chi connectivity index (χ2v) is 3.11. The molecule has 0 unspecified atom stereocenters. The molecule has 0 heterocycles. The topological polar surface area (TPSA) is 55.8 Å². The molecular formula is C12H16O4. The van der Waals surface area contributed by atoms with Crippen molar-refractivity contribution in [3.63, 3.8) is 0 Å². The van der Waals surface area contributed by atoms with Crippen LogP contribution in [0.2, 0.25) is 0 Å². The number of Topliss-reactive ketones (excluding diaryl/α,β-unsaturated/α-hetero) is 1. The molecule has 88 valence electrons. The summed E-state index contributed by atoms with van der Waals surface area (Å²) >= 11 is 0. The van der Waals surface area contributed by atoms with Crippen LogP contribution in [0.25, 0.3) is 0 Å². The number of ketones is 1. The van der Waals surface area contributed by atoms with E-state index < -0.39 is 6.61 Å². The number of aliphatic hydroxyl groups is 1. The highest BCUT2D eigenvalue weighted by Crippen LogP contribution is 2.25. The van der Waals surface area contributed by atoms with E-state index in [-0.39, 0.29) is 5.78 Å².